The summed E-state index contributed by atoms with van der Waals surface area (Å²) in [6.45, 7) is 9.45. The van der Waals surface area contributed by atoms with Crippen molar-refractivity contribution in [3.63, 3.8) is 0 Å². The SMILES string of the molecule is CCCNC(C)C1CCN(CCc2ccncc2)CC1. The van der Waals surface area contributed by atoms with Gasteiger partial charge in [0, 0.05) is 25.0 Å². The summed E-state index contributed by atoms with van der Waals surface area (Å²) in [5.74, 6) is 0.860. The van der Waals surface area contributed by atoms with Crippen LogP contribution in [-0.2, 0) is 6.42 Å². The van der Waals surface area contributed by atoms with Gasteiger partial charge in [0.25, 0.3) is 0 Å². The fourth-order valence-corrected chi connectivity index (χ4v) is 3.05. The van der Waals surface area contributed by atoms with E-state index in [1.54, 1.807) is 0 Å². The number of nitrogens with one attached hydrogen (secondary N) is 1. The van der Waals surface area contributed by atoms with Gasteiger partial charge in [-0.2, -0.15) is 0 Å². The quantitative estimate of drug-likeness (QED) is 0.829. The predicted octanol–water partition coefficient (Wildman–Crippen LogP) is 2.72. The summed E-state index contributed by atoms with van der Waals surface area (Å²) in [4.78, 5) is 6.69. The Kier molecular flexibility index (Phi) is 6.48. The smallest absolute Gasteiger partial charge is 0.0270 e. The number of likely N-dealkylation sites (tertiary alicyclic amines) is 1. The van der Waals surface area contributed by atoms with Crippen LogP contribution in [0.25, 0.3) is 0 Å². The molecule has 2 rings (SSSR count). The molecule has 0 amide bonds. The Balaban J connectivity index is 1.66. The van der Waals surface area contributed by atoms with Crippen molar-refractivity contribution in [1.29, 1.82) is 0 Å². The van der Waals surface area contributed by atoms with Crippen molar-refractivity contribution in [2.75, 3.05) is 26.2 Å². The van der Waals surface area contributed by atoms with E-state index in [1.807, 2.05) is 12.4 Å². The highest BCUT2D eigenvalue weighted by atomic mass is 15.1. The second kappa shape index (κ2) is 8.38. The molecule has 0 aliphatic carbocycles. The first-order chi connectivity index (χ1) is 9.79. The third-order valence-corrected chi connectivity index (χ3v) is 4.52. The Labute approximate surface area is 123 Å². The third-order valence-electron chi connectivity index (χ3n) is 4.52. The Morgan fingerprint density at radius 3 is 2.65 bits per heavy atom. The molecule has 20 heavy (non-hydrogen) atoms. The van der Waals surface area contributed by atoms with Gasteiger partial charge in [0.05, 0.1) is 0 Å². The Morgan fingerprint density at radius 1 is 1.30 bits per heavy atom. The van der Waals surface area contributed by atoms with Gasteiger partial charge in [-0.3, -0.25) is 4.98 Å². The number of hydrogen-bond acceptors (Lipinski definition) is 3. The predicted molar refractivity (Wildman–Crippen MR) is 84.9 cm³/mol. The average molecular weight is 275 g/mol. The van der Waals surface area contributed by atoms with Crippen LogP contribution in [0.4, 0.5) is 0 Å². The standard InChI is InChI=1S/C17H29N3/c1-3-9-19-15(2)17-7-13-20(14-8-17)12-6-16-4-10-18-11-5-16/h4-5,10-11,15,17,19H,3,6-9,12-14H2,1-2H3. The maximum Gasteiger partial charge on any atom is 0.0270 e. The van der Waals surface area contributed by atoms with Gasteiger partial charge in [0.15, 0.2) is 0 Å². The van der Waals surface area contributed by atoms with E-state index < -0.39 is 0 Å². The van der Waals surface area contributed by atoms with Crippen LogP contribution in [-0.4, -0.2) is 42.1 Å². The monoisotopic (exact) mass is 275 g/mol. The van der Waals surface area contributed by atoms with E-state index >= 15 is 0 Å². The summed E-state index contributed by atoms with van der Waals surface area (Å²) in [6.07, 6.45) is 8.85. The molecule has 1 N–H and O–H groups in total. The number of nitrogens with zero attached hydrogens (tertiary/aromatic N) is 2. The van der Waals surface area contributed by atoms with E-state index in [4.69, 9.17) is 0 Å². The molecular formula is C17H29N3. The topological polar surface area (TPSA) is 28.2 Å². The lowest BCUT2D eigenvalue weighted by molar-refractivity contribution is 0.164. The molecule has 1 aromatic heterocycles. The largest absolute Gasteiger partial charge is 0.314 e. The van der Waals surface area contributed by atoms with Crippen molar-refractivity contribution in [3.05, 3.63) is 30.1 Å². The van der Waals surface area contributed by atoms with Gasteiger partial charge in [-0.1, -0.05) is 6.92 Å². The first kappa shape index (κ1) is 15.5. The van der Waals surface area contributed by atoms with Gasteiger partial charge in [-0.15, -0.1) is 0 Å². The molecule has 1 fully saturated rings. The number of pyridine rings is 1. The number of piperidine rings is 1. The van der Waals surface area contributed by atoms with E-state index in [1.165, 1.54) is 44.5 Å². The van der Waals surface area contributed by atoms with E-state index in [2.05, 4.69) is 41.2 Å². The van der Waals surface area contributed by atoms with Crippen molar-refractivity contribution in [2.24, 2.45) is 5.92 Å². The zero-order valence-corrected chi connectivity index (χ0v) is 13.0. The molecule has 1 atom stereocenters. The van der Waals surface area contributed by atoms with Crippen LogP contribution in [0.5, 0.6) is 0 Å². The van der Waals surface area contributed by atoms with Crippen LogP contribution in [0.3, 0.4) is 0 Å². The highest BCUT2D eigenvalue weighted by Gasteiger charge is 2.23. The van der Waals surface area contributed by atoms with Gasteiger partial charge in [0.2, 0.25) is 0 Å². The van der Waals surface area contributed by atoms with Crippen LogP contribution in [0, 0.1) is 5.92 Å². The molecule has 0 saturated carbocycles. The van der Waals surface area contributed by atoms with Crippen molar-refractivity contribution in [3.8, 4) is 0 Å². The highest BCUT2D eigenvalue weighted by molar-refractivity contribution is 5.09. The average Bonchev–Trinajstić information content (AvgIpc) is 2.52. The molecule has 3 nitrogen and oxygen atoms in total. The van der Waals surface area contributed by atoms with Gasteiger partial charge in [0.1, 0.15) is 0 Å². The molecule has 1 unspecified atom stereocenters. The van der Waals surface area contributed by atoms with Crippen LogP contribution in [0.1, 0.15) is 38.7 Å². The van der Waals surface area contributed by atoms with Gasteiger partial charge < -0.3 is 10.2 Å². The molecule has 1 aliphatic rings. The number of rotatable bonds is 7. The Hall–Kier alpha value is -0.930. The highest BCUT2D eigenvalue weighted by Crippen LogP contribution is 2.20. The number of aromatic nitrogens is 1. The van der Waals surface area contributed by atoms with Crippen molar-refractivity contribution in [1.82, 2.24) is 15.2 Å². The van der Waals surface area contributed by atoms with Gasteiger partial charge in [-0.25, -0.2) is 0 Å². The molecule has 0 radical (unpaired) electrons. The summed E-state index contributed by atoms with van der Waals surface area (Å²) in [5.41, 5.74) is 1.40. The lowest BCUT2D eigenvalue weighted by Crippen LogP contribution is -2.42. The summed E-state index contributed by atoms with van der Waals surface area (Å²) in [6, 6.07) is 4.93. The van der Waals surface area contributed by atoms with Gasteiger partial charge >= 0.3 is 0 Å². The lowest BCUT2D eigenvalue weighted by atomic mass is 9.90. The van der Waals surface area contributed by atoms with Crippen LogP contribution >= 0.6 is 0 Å². The second-order valence-corrected chi connectivity index (χ2v) is 6.03. The minimum absolute atomic E-state index is 0.678. The molecule has 1 saturated heterocycles. The van der Waals surface area contributed by atoms with E-state index in [-0.39, 0.29) is 0 Å². The first-order valence-corrected chi connectivity index (χ1v) is 8.14. The molecule has 0 aromatic carbocycles. The minimum atomic E-state index is 0.678. The molecular weight excluding hydrogens is 246 g/mol. The second-order valence-electron chi connectivity index (χ2n) is 6.03. The maximum absolute atomic E-state index is 4.07. The molecule has 2 heterocycles. The number of hydrogen-bond donors (Lipinski definition) is 1. The zero-order valence-electron chi connectivity index (χ0n) is 13.0. The molecule has 0 bridgehead atoms. The molecule has 1 aliphatic heterocycles. The van der Waals surface area contributed by atoms with Crippen LogP contribution < -0.4 is 5.32 Å². The molecule has 1 aromatic rings. The van der Waals surface area contributed by atoms with Crippen molar-refractivity contribution >= 4 is 0 Å². The van der Waals surface area contributed by atoms with E-state index in [0.29, 0.717) is 6.04 Å². The Bertz CT molecular complexity index is 358. The zero-order chi connectivity index (χ0) is 14.2. The fourth-order valence-electron chi connectivity index (χ4n) is 3.05. The Morgan fingerprint density at radius 2 is 2.00 bits per heavy atom. The van der Waals surface area contributed by atoms with E-state index in [9.17, 15) is 0 Å². The van der Waals surface area contributed by atoms with Gasteiger partial charge in [-0.05, 0) is 75.9 Å². The summed E-state index contributed by atoms with van der Waals surface area (Å²) < 4.78 is 0. The summed E-state index contributed by atoms with van der Waals surface area (Å²) >= 11 is 0. The fraction of sp³-hybridized carbons (Fsp3) is 0.706. The van der Waals surface area contributed by atoms with E-state index in [0.717, 1.165) is 18.9 Å². The minimum Gasteiger partial charge on any atom is -0.314 e. The molecule has 0 spiro atoms. The van der Waals surface area contributed by atoms with Crippen molar-refractivity contribution in [2.45, 2.75) is 45.6 Å². The third kappa shape index (κ3) is 4.88. The normalized spacial score (nSPS) is 19.1. The van der Waals surface area contributed by atoms with Crippen LogP contribution in [0.15, 0.2) is 24.5 Å². The maximum atomic E-state index is 4.07. The molecule has 112 valence electrons. The first-order valence-electron chi connectivity index (χ1n) is 8.14. The van der Waals surface area contributed by atoms with Crippen LogP contribution in [0.2, 0.25) is 0 Å². The lowest BCUT2D eigenvalue weighted by Gasteiger charge is -2.35. The molecule has 3 heteroatoms. The summed E-state index contributed by atoms with van der Waals surface area (Å²) in [7, 11) is 0. The summed E-state index contributed by atoms with van der Waals surface area (Å²) in [5, 5.41) is 3.65. The van der Waals surface area contributed by atoms with Crippen molar-refractivity contribution < 1.29 is 0 Å².